The predicted octanol–water partition coefficient (Wildman–Crippen LogP) is 1.37. The SMILES string of the molecule is ON=Cc1ccc2[nH]ncc2c1. The van der Waals surface area contributed by atoms with Crippen LogP contribution in [0.4, 0.5) is 0 Å². The zero-order valence-corrected chi connectivity index (χ0v) is 6.23. The number of fused-ring (bicyclic) bond motifs is 1. The van der Waals surface area contributed by atoms with Crippen LogP contribution in [0, 0.1) is 0 Å². The van der Waals surface area contributed by atoms with Gasteiger partial charge in [-0.2, -0.15) is 5.10 Å². The zero-order chi connectivity index (χ0) is 8.39. The van der Waals surface area contributed by atoms with Gasteiger partial charge in [-0.05, 0) is 17.7 Å². The summed E-state index contributed by atoms with van der Waals surface area (Å²) in [5.74, 6) is 0. The molecule has 0 aliphatic heterocycles. The lowest BCUT2D eigenvalue weighted by molar-refractivity contribution is 0.322. The summed E-state index contributed by atoms with van der Waals surface area (Å²) in [5.41, 5.74) is 1.83. The second-order valence-electron chi connectivity index (χ2n) is 2.46. The van der Waals surface area contributed by atoms with E-state index in [2.05, 4.69) is 15.4 Å². The van der Waals surface area contributed by atoms with E-state index in [1.165, 1.54) is 6.21 Å². The molecule has 12 heavy (non-hydrogen) atoms. The number of oxime groups is 1. The fourth-order valence-electron chi connectivity index (χ4n) is 1.11. The van der Waals surface area contributed by atoms with Crippen LogP contribution in [-0.4, -0.2) is 21.6 Å². The van der Waals surface area contributed by atoms with Gasteiger partial charge in [-0.25, -0.2) is 0 Å². The first-order valence-electron chi connectivity index (χ1n) is 3.51. The number of nitrogens with zero attached hydrogens (tertiary/aromatic N) is 2. The van der Waals surface area contributed by atoms with Gasteiger partial charge in [-0.1, -0.05) is 11.2 Å². The van der Waals surface area contributed by atoms with Crippen molar-refractivity contribution in [2.24, 2.45) is 5.16 Å². The number of hydrogen-bond donors (Lipinski definition) is 2. The van der Waals surface area contributed by atoms with Gasteiger partial charge < -0.3 is 5.21 Å². The molecule has 60 valence electrons. The third kappa shape index (κ3) is 1.03. The number of aromatic nitrogens is 2. The van der Waals surface area contributed by atoms with Crippen molar-refractivity contribution in [2.75, 3.05) is 0 Å². The Balaban J connectivity index is 2.60. The normalized spacial score (nSPS) is 11.3. The quantitative estimate of drug-likeness (QED) is 0.377. The Labute approximate surface area is 68.5 Å². The molecule has 2 rings (SSSR count). The molecule has 0 spiro atoms. The fraction of sp³-hybridized carbons (Fsp3) is 0. The molecule has 2 aromatic rings. The van der Waals surface area contributed by atoms with Crippen LogP contribution in [0.3, 0.4) is 0 Å². The lowest BCUT2D eigenvalue weighted by atomic mass is 10.2. The second-order valence-corrected chi connectivity index (χ2v) is 2.46. The Morgan fingerprint density at radius 1 is 1.50 bits per heavy atom. The van der Waals surface area contributed by atoms with Crippen LogP contribution in [0.25, 0.3) is 10.9 Å². The summed E-state index contributed by atoms with van der Waals surface area (Å²) >= 11 is 0. The molecular weight excluding hydrogens is 154 g/mol. The highest BCUT2D eigenvalue weighted by molar-refractivity contribution is 5.88. The van der Waals surface area contributed by atoms with Crippen molar-refractivity contribution < 1.29 is 5.21 Å². The van der Waals surface area contributed by atoms with Gasteiger partial charge in [0.1, 0.15) is 0 Å². The minimum atomic E-state index is 0.853. The smallest absolute Gasteiger partial charge is 0.0734 e. The first-order chi connectivity index (χ1) is 5.90. The average molecular weight is 161 g/mol. The summed E-state index contributed by atoms with van der Waals surface area (Å²) in [6.07, 6.45) is 3.11. The maximum atomic E-state index is 8.29. The minimum Gasteiger partial charge on any atom is -0.411 e. The molecule has 4 nitrogen and oxygen atoms in total. The van der Waals surface area contributed by atoms with Crippen LogP contribution in [0.5, 0.6) is 0 Å². The third-order valence-corrected chi connectivity index (χ3v) is 1.67. The van der Waals surface area contributed by atoms with E-state index in [1.54, 1.807) is 6.20 Å². The predicted molar refractivity (Wildman–Crippen MR) is 45.5 cm³/mol. The molecule has 0 saturated carbocycles. The Hall–Kier alpha value is -1.84. The monoisotopic (exact) mass is 161 g/mol. The fourth-order valence-corrected chi connectivity index (χ4v) is 1.11. The summed E-state index contributed by atoms with van der Waals surface area (Å²) in [6, 6.07) is 5.62. The molecule has 1 aromatic heterocycles. The van der Waals surface area contributed by atoms with E-state index in [4.69, 9.17) is 5.21 Å². The van der Waals surface area contributed by atoms with E-state index >= 15 is 0 Å². The average Bonchev–Trinajstić information content (AvgIpc) is 2.51. The molecule has 0 bridgehead atoms. The molecular formula is C8H7N3O. The van der Waals surface area contributed by atoms with Gasteiger partial charge in [-0.3, -0.25) is 5.10 Å². The van der Waals surface area contributed by atoms with Crippen LogP contribution >= 0.6 is 0 Å². The van der Waals surface area contributed by atoms with Gasteiger partial charge in [0, 0.05) is 5.39 Å². The summed E-state index contributed by atoms with van der Waals surface area (Å²) in [5, 5.41) is 18.9. The van der Waals surface area contributed by atoms with E-state index in [0.717, 1.165) is 16.5 Å². The Morgan fingerprint density at radius 3 is 3.25 bits per heavy atom. The van der Waals surface area contributed by atoms with Crippen molar-refractivity contribution in [2.45, 2.75) is 0 Å². The van der Waals surface area contributed by atoms with Gasteiger partial charge in [0.25, 0.3) is 0 Å². The molecule has 0 unspecified atom stereocenters. The topological polar surface area (TPSA) is 61.3 Å². The van der Waals surface area contributed by atoms with E-state index in [-0.39, 0.29) is 0 Å². The van der Waals surface area contributed by atoms with Crippen molar-refractivity contribution in [3.05, 3.63) is 30.0 Å². The van der Waals surface area contributed by atoms with E-state index in [1.807, 2.05) is 18.2 Å². The summed E-state index contributed by atoms with van der Waals surface area (Å²) in [6.45, 7) is 0. The van der Waals surface area contributed by atoms with Crippen molar-refractivity contribution in [1.82, 2.24) is 10.2 Å². The Bertz CT molecular complexity index is 419. The largest absolute Gasteiger partial charge is 0.411 e. The molecule has 1 heterocycles. The number of nitrogens with one attached hydrogen (secondary N) is 1. The first kappa shape index (κ1) is 6.84. The van der Waals surface area contributed by atoms with E-state index in [0.29, 0.717) is 0 Å². The van der Waals surface area contributed by atoms with Crippen LogP contribution < -0.4 is 0 Å². The summed E-state index contributed by atoms with van der Waals surface area (Å²) in [4.78, 5) is 0. The number of rotatable bonds is 1. The molecule has 2 N–H and O–H groups in total. The van der Waals surface area contributed by atoms with Gasteiger partial charge >= 0.3 is 0 Å². The lowest BCUT2D eigenvalue weighted by Crippen LogP contribution is -1.79. The van der Waals surface area contributed by atoms with Gasteiger partial charge in [0.15, 0.2) is 0 Å². The highest BCUT2D eigenvalue weighted by Crippen LogP contribution is 2.11. The number of hydrogen-bond acceptors (Lipinski definition) is 3. The highest BCUT2D eigenvalue weighted by Gasteiger charge is 1.94. The molecule has 0 aliphatic rings. The summed E-state index contributed by atoms with van der Waals surface area (Å²) < 4.78 is 0. The van der Waals surface area contributed by atoms with Crippen LogP contribution in [0.15, 0.2) is 29.6 Å². The summed E-state index contributed by atoms with van der Waals surface area (Å²) in [7, 11) is 0. The van der Waals surface area contributed by atoms with Gasteiger partial charge in [0.05, 0.1) is 17.9 Å². The van der Waals surface area contributed by atoms with Crippen molar-refractivity contribution in [3.8, 4) is 0 Å². The van der Waals surface area contributed by atoms with Gasteiger partial charge in [0.2, 0.25) is 0 Å². The zero-order valence-electron chi connectivity index (χ0n) is 6.23. The van der Waals surface area contributed by atoms with Crippen LogP contribution in [-0.2, 0) is 0 Å². The minimum absolute atomic E-state index is 0.853. The molecule has 0 fully saturated rings. The van der Waals surface area contributed by atoms with Crippen LogP contribution in [0.2, 0.25) is 0 Å². The maximum absolute atomic E-state index is 8.29. The van der Waals surface area contributed by atoms with Crippen molar-refractivity contribution in [3.63, 3.8) is 0 Å². The molecule has 0 amide bonds. The highest BCUT2D eigenvalue weighted by atomic mass is 16.4. The van der Waals surface area contributed by atoms with Crippen molar-refractivity contribution in [1.29, 1.82) is 0 Å². The third-order valence-electron chi connectivity index (χ3n) is 1.67. The Kier molecular flexibility index (Phi) is 1.51. The van der Waals surface area contributed by atoms with E-state index in [9.17, 15) is 0 Å². The standard InChI is InChI=1S/C8H7N3O/c12-10-4-6-1-2-8-7(3-6)5-9-11-8/h1-5,12H,(H,9,11). The van der Waals surface area contributed by atoms with Crippen LogP contribution in [0.1, 0.15) is 5.56 Å². The first-order valence-corrected chi connectivity index (χ1v) is 3.51. The maximum Gasteiger partial charge on any atom is 0.0734 e. The number of benzene rings is 1. The number of aromatic amines is 1. The molecule has 1 aromatic carbocycles. The molecule has 0 atom stereocenters. The van der Waals surface area contributed by atoms with E-state index < -0.39 is 0 Å². The van der Waals surface area contributed by atoms with Crippen molar-refractivity contribution >= 4 is 17.1 Å². The number of H-pyrrole nitrogens is 1. The lowest BCUT2D eigenvalue weighted by Gasteiger charge is -1.90. The second kappa shape index (κ2) is 2.65. The Morgan fingerprint density at radius 2 is 2.42 bits per heavy atom. The molecule has 0 radical (unpaired) electrons. The molecule has 4 heteroatoms. The molecule has 0 saturated heterocycles. The molecule has 0 aliphatic carbocycles. The van der Waals surface area contributed by atoms with Gasteiger partial charge in [-0.15, -0.1) is 0 Å².